The molecule has 3 atom stereocenters. The largest absolute Gasteiger partial charge is 0.380 e. The first-order valence-electron chi connectivity index (χ1n) is 6.69. The van der Waals surface area contributed by atoms with Gasteiger partial charge in [-0.1, -0.05) is 27.2 Å². The Morgan fingerprint density at radius 3 is 2.69 bits per heavy atom. The van der Waals surface area contributed by atoms with E-state index >= 15 is 0 Å². The normalized spacial score (nSPS) is 25.9. The monoisotopic (exact) mass is 228 g/mol. The maximum absolute atomic E-state index is 5.41. The fraction of sp³-hybridized carbons (Fsp3) is 1.00. The van der Waals surface area contributed by atoms with Gasteiger partial charge in [0, 0.05) is 32.8 Å². The Kier molecular flexibility index (Phi) is 6.32. The van der Waals surface area contributed by atoms with Crippen molar-refractivity contribution in [1.82, 2.24) is 10.2 Å². The van der Waals surface area contributed by atoms with Crippen LogP contribution in [0, 0.1) is 5.92 Å². The Hall–Kier alpha value is -0.120. The Morgan fingerprint density at radius 1 is 1.44 bits per heavy atom. The first kappa shape index (κ1) is 13.9. The number of rotatable bonds is 7. The van der Waals surface area contributed by atoms with E-state index in [0.29, 0.717) is 12.1 Å². The molecule has 0 aromatic carbocycles. The lowest BCUT2D eigenvalue weighted by Gasteiger charge is -2.28. The van der Waals surface area contributed by atoms with Gasteiger partial charge >= 0.3 is 0 Å². The highest BCUT2D eigenvalue weighted by molar-refractivity contribution is 4.82. The van der Waals surface area contributed by atoms with Crippen molar-refractivity contribution in [2.75, 3.05) is 33.3 Å². The van der Waals surface area contributed by atoms with Crippen molar-refractivity contribution < 1.29 is 4.74 Å². The topological polar surface area (TPSA) is 24.5 Å². The number of methoxy groups -OCH3 is 1. The molecule has 0 bridgehead atoms. The van der Waals surface area contributed by atoms with Crippen molar-refractivity contribution in [3.8, 4) is 0 Å². The number of nitrogens with zero attached hydrogens (tertiary/aromatic N) is 1. The molecule has 1 aliphatic heterocycles. The third-order valence-electron chi connectivity index (χ3n) is 3.81. The van der Waals surface area contributed by atoms with Crippen molar-refractivity contribution in [3.63, 3.8) is 0 Å². The summed E-state index contributed by atoms with van der Waals surface area (Å²) in [5.41, 5.74) is 0. The molecule has 0 amide bonds. The third-order valence-corrected chi connectivity index (χ3v) is 3.81. The van der Waals surface area contributed by atoms with Gasteiger partial charge in [0.25, 0.3) is 0 Å². The maximum Gasteiger partial charge on any atom is 0.0710 e. The highest BCUT2D eigenvalue weighted by Gasteiger charge is 2.25. The van der Waals surface area contributed by atoms with Crippen molar-refractivity contribution in [1.29, 1.82) is 0 Å². The third kappa shape index (κ3) is 4.04. The number of hydrogen-bond donors (Lipinski definition) is 1. The van der Waals surface area contributed by atoms with Gasteiger partial charge in [0.15, 0.2) is 0 Å². The Balaban J connectivity index is 2.36. The molecule has 3 nitrogen and oxygen atoms in total. The molecule has 0 radical (unpaired) electrons. The highest BCUT2D eigenvalue weighted by Crippen LogP contribution is 2.15. The molecule has 0 spiro atoms. The van der Waals surface area contributed by atoms with Crippen LogP contribution < -0.4 is 5.32 Å². The second-order valence-electron chi connectivity index (χ2n) is 4.96. The van der Waals surface area contributed by atoms with Crippen molar-refractivity contribution in [2.45, 2.75) is 45.8 Å². The summed E-state index contributed by atoms with van der Waals surface area (Å²) in [6.07, 6.45) is 2.90. The number of likely N-dealkylation sites (N-methyl/N-ethyl adjacent to an activating group) is 1. The minimum absolute atomic E-state index is 0.458. The average Bonchev–Trinajstić information content (AvgIpc) is 2.75. The number of likely N-dealkylation sites (tertiary alicyclic amines) is 1. The molecule has 3 heteroatoms. The summed E-state index contributed by atoms with van der Waals surface area (Å²) in [5.74, 6) is 0.751. The van der Waals surface area contributed by atoms with Crippen LogP contribution >= 0.6 is 0 Å². The number of ether oxygens (including phenoxy) is 1. The van der Waals surface area contributed by atoms with E-state index in [-0.39, 0.29) is 0 Å². The van der Waals surface area contributed by atoms with Crippen molar-refractivity contribution in [2.24, 2.45) is 5.92 Å². The van der Waals surface area contributed by atoms with E-state index in [9.17, 15) is 0 Å². The molecular weight excluding hydrogens is 200 g/mol. The van der Waals surface area contributed by atoms with Crippen LogP contribution in [-0.4, -0.2) is 50.3 Å². The number of nitrogens with one attached hydrogen (secondary N) is 1. The van der Waals surface area contributed by atoms with Gasteiger partial charge in [-0.2, -0.15) is 0 Å². The quantitative estimate of drug-likeness (QED) is 0.718. The molecule has 1 N–H and O–H groups in total. The van der Waals surface area contributed by atoms with E-state index in [1.807, 2.05) is 7.11 Å². The van der Waals surface area contributed by atoms with E-state index in [1.54, 1.807) is 0 Å². The summed E-state index contributed by atoms with van der Waals surface area (Å²) in [7, 11) is 1.82. The van der Waals surface area contributed by atoms with Gasteiger partial charge in [0.1, 0.15) is 0 Å². The molecule has 1 heterocycles. The zero-order valence-corrected chi connectivity index (χ0v) is 11.3. The van der Waals surface area contributed by atoms with Crippen LogP contribution in [0.5, 0.6) is 0 Å². The molecule has 16 heavy (non-hydrogen) atoms. The van der Waals surface area contributed by atoms with Crippen LogP contribution in [0.3, 0.4) is 0 Å². The van der Waals surface area contributed by atoms with E-state index in [1.165, 1.54) is 25.9 Å². The molecule has 1 saturated heterocycles. The lowest BCUT2D eigenvalue weighted by molar-refractivity contribution is 0.105. The molecule has 1 fully saturated rings. The first-order chi connectivity index (χ1) is 7.71. The van der Waals surface area contributed by atoms with Gasteiger partial charge in [-0.3, -0.25) is 4.90 Å². The van der Waals surface area contributed by atoms with Gasteiger partial charge in [0.2, 0.25) is 0 Å². The molecule has 1 aliphatic rings. The Morgan fingerprint density at radius 2 is 2.19 bits per heavy atom. The van der Waals surface area contributed by atoms with Crippen LogP contribution in [0.4, 0.5) is 0 Å². The molecule has 3 unspecified atom stereocenters. The Labute approximate surface area is 101 Å². The van der Waals surface area contributed by atoms with Crippen LogP contribution in [-0.2, 0) is 4.74 Å². The lowest BCUT2D eigenvalue weighted by atomic mass is 9.98. The van der Waals surface area contributed by atoms with Gasteiger partial charge < -0.3 is 10.1 Å². The second kappa shape index (κ2) is 7.25. The smallest absolute Gasteiger partial charge is 0.0710 e. The van der Waals surface area contributed by atoms with Gasteiger partial charge in [-0.05, 0) is 18.9 Å². The standard InChI is InChI=1S/C13H28N2O/c1-5-11(3)13(14-6-2)10-15-8-7-12(9-15)16-4/h11-14H,5-10H2,1-4H3. The lowest BCUT2D eigenvalue weighted by Crippen LogP contribution is -2.44. The molecule has 96 valence electrons. The van der Waals surface area contributed by atoms with Crippen molar-refractivity contribution >= 4 is 0 Å². The van der Waals surface area contributed by atoms with E-state index in [4.69, 9.17) is 4.74 Å². The number of hydrogen-bond acceptors (Lipinski definition) is 3. The summed E-state index contributed by atoms with van der Waals surface area (Å²) >= 11 is 0. The zero-order chi connectivity index (χ0) is 12.0. The average molecular weight is 228 g/mol. The predicted octanol–water partition coefficient (Wildman–Crippen LogP) is 1.73. The summed E-state index contributed by atoms with van der Waals surface area (Å²) in [5, 5.41) is 3.61. The fourth-order valence-electron chi connectivity index (χ4n) is 2.43. The minimum atomic E-state index is 0.458. The van der Waals surface area contributed by atoms with E-state index in [0.717, 1.165) is 19.0 Å². The first-order valence-corrected chi connectivity index (χ1v) is 6.69. The molecule has 1 rings (SSSR count). The van der Waals surface area contributed by atoms with Gasteiger partial charge in [0.05, 0.1) is 6.10 Å². The molecule has 0 aromatic rings. The molecular formula is C13H28N2O. The minimum Gasteiger partial charge on any atom is -0.380 e. The van der Waals surface area contributed by atoms with Crippen molar-refractivity contribution in [3.05, 3.63) is 0 Å². The molecule has 0 saturated carbocycles. The van der Waals surface area contributed by atoms with Gasteiger partial charge in [-0.25, -0.2) is 0 Å². The summed E-state index contributed by atoms with van der Waals surface area (Å²) in [6.45, 7) is 11.3. The fourth-order valence-corrected chi connectivity index (χ4v) is 2.43. The molecule has 0 aliphatic carbocycles. The summed E-state index contributed by atoms with van der Waals surface area (Å²) < 4.78 is 5.41. The summed E-state index contributed by atoms with van der Waals surface area (Å²) in [4.78, 5) is 2.54. The van der Waals surface area contributed by atoms with E-state index in [2.05, 4.69) is 31.0 Å². The summed E-state index contributed by atoms with van der Waals surface area (Å²) in [6, 6.07) is 0.630. The van der Waals surface area contributed by atoms with Gasteiger partial charge in [-0.15, -0.1) is 0 Å². The van der Waals surface area contributed by atoms with Crippen LogP contribution in [0.25, 0.3) is 0 Å². The van der Waals surface area contributed by atoms with E-state index < -0.39 is 0 Å². The van der Waals surface area contributed by atoms with Crippen LogP contribution in [0.2, 0.25) is 0 Å². The predicted molar refractivity (Wildman–Crippen MR) is 68.8 cm³/mol. The van der Waals surface area contributed by atoms with Crippen LogP contribution in [0.15, 0.2) is 0 Å². The Bertz CT molecular complexity index is 187. The SMILES string of the molecule is CCNC(CN1CCC(OC)C1)C(C)CC. The maximum atomic E-state index is 5.41. The zero-order valence-electron chi connectivity index (χ0n) is 11.3. The molecule has 0 aromatic heterocycles. The van der Waals surface area contributed by atoms with Crippen LogP contribution in [0.1, 0.15) is 33.6 Å². The second-order valence-corrected chi connectivity index (χ2v) is 4.96. The highest BCUT2D eigenvalue weighted by atomic mass is 16.5.